The van der Waals surface area contributed by atoms with E-state index in [0.29, 0.717) is 25.7 Å². The van der Waals surface area contributed by atoms with Crippen LogP contribution in [0.25, 0.3) is 0 Å². The van der Waals surface area contributed by atoms with Crippen LogP contribution in [0.15, 0.2) is 11.6 Å². The average Bonchev–Trinajstić information content (AvgIpc) is 3.35. The van der Waals surface area contributed by atoms with Crippen molar-refractivity contribution < 1.29 is 45.2 Å². The van der Waals surface area contributed by atoms with Gasteiger partial charge < -0.3 is 45.2 Å². The molecule has 5 rings (SSSR count). The smallest absolute Gasteiger partial charge is 0.111 e. The summed E-state index contributed by atoms with van der Waals surface area (Å²) in [4.78, 5) is 0. The monoisotopic (exact) mass is 652 g/mol. The van der Waals surface area contributed by atoms with Gasteiger partial charge in [-0.15, -0.1) is 0 Å². The Kier molecular flexibility index (Phi) is 10.0. The Morgan fingerprint density at radius 2 is 1.52 bits per heavy atom. The first kappa shape index (κ1) is 36.7. The lowest BCUT2D eigenvalue weighted by molar-refractivity contribution is -0.278. The maximum absolute atomic E-state index is 12.3. The Balaban J connectivity index is 1.46. The van der Waals surface area contributed by atoms with Crippen LogP contribution in [0.3, 0.4) is 0 Å². The van der Waals surface area contributed by atoms with Gasteiger partial charge in [0.2, 0.25) is 0 Å². The highest BCUT2D eigenvalue weighted by molar-refractivity contribution is 5.21. The van der Waals surface area contributed by atoms with Gasteiger partial charge in [-0.3, -0.25) is 0 Å². The van der Waals surface area contributed by atoms with Crippen molar-refractivity contribution in [2.24, 2.45) is 45.3 Å². The number of aliphatic hydroxyl groups is 7. The van der Waals surface area contributed by atoms with E-state index in [9.17, 15) is 35.7 Å². The molecule has 46 heavy (non-hydrogen) atoms. The fourth-order valence-electron chi connectivity index (χ4n) is 12.2. The van der Waals surface area contributed by atoms with Crippen LogP contribution in [0.1, 0.15) is 107 Å². The van der Waals surface area contributed by atoms with Crippen LogP contribution >= 0.6 is 0 Å². The number of fused-ring (bicyclic) bond motifs is 5. The Labute approximate surface area is 276 Å². The van der Waals surface area contributed by atoms with E-state index in [4.69, 9.17) is 9.47 Å². The van der Waals surface area contributed by atoms with Gasteiger partial charge in [0, 0.05) is 0 Å². The molecule has 0 aromatic rings. The lowest BCUT2D eigenvalue weighted by Crippen LogP contribution is -2.69. The predicted octanol–water partition coefficient (Wildman–Crippen LogP) is 3.34. The van der Waals surface area contributed by atoms with Gasteiger partial charge in [-0.2, -0.15) is 0 Å². The minimum absolute atomic E-state index is 0.00647. The molecular formula is C37H64O9. The second-order valence-electron chi connectivity index (χ2n) is 17.8. The number of hydrogen-bond acceptors (Lipinski definition) is 9. The summed E-state index contributed by atoms with van der Waals surface area (Å²) in [5.41, 5.74) is -0.620. The first-order chi connectivity index (χ1) is 21.3. The molecule has 1 saturated heterocycles. The van der Waals surface area contributed by atoms with Gasteiger partial charge in [-0.05, 0) is 117 Å². The van der Waals surface area contributed by atoms with Crippen molar-refractivity contribution in [3.8, 4) is 0 Å². The molecule has 0 aromatic heterocycles. The summed E-state index contributed by atoms with van der Waals surface area (Å²) < 4.78 is 12.6. The van der Waals surface area contributed by atoms with Crippen LogP contribution in [-0.4, -0.2) is 103 Å². The molecule has 0 spiro atoms. The Bertz CT molecular complexity index is 1120. The van der Waals surface area contributed by atoms with E-state index in [2.05, 4.69) is 61.5 Å². The molecule has 9 nitrogen and oxygen atoms in total. The summed E-state index contributed by atoms with van der Waals surface area (Å²) in [6.45, 7) is 16.9. The van der Waals surface area contributed by atoms with Gasteiger partial charge in [-0.25, -0.2) is 0 Å². The summed E-state index contributed by atoms with van der Waals surface area (Å²) in [5, 5.41) is 76.5. The summed E-state index contributed by atoms with van der Waals surface area (Å²) in [7, 11) is 0. The molecule has 0 amide bonds. The molecule has 4 saturated carbocycles. The molecule has 16 unspecified atom stereocenters. The van der Waals surface area contributed by atoms with Gasteiger partial charge in [0.05, 0.1) is 37.1 Å². The normalized spacial score (nSPS) is 51.4. The highest BCUT2D eigenvalue weighted by Crippen LogP contribution is 2.76. The van der Waals surface area contributed by atoms with Crippen molar-refractivity contribution in [2.45, 2.75) is 161 Å². The average molecular weight is 653 g/mol. The summed E-state index contributed by atoms with van der Waals surface area (Å²) in [6.07, 6.45) is 0.476. The van der Waals surface area contributed by atoms with Crippen LogP contribution in [0.2, 0.25) is 0 Å². The maximum atomic E-state index is 12.3. The zero-order chi connectivity index (χ0) is 34.2. The Morgan fingerprint density at radius 1 is 0.870 bits per heavy atom. The van der Waals surface area contributed by atoms with Crippen LogP contribution in [0.5, 0.6) is 0 Å². The van der Waals surface area contributed by atoms with Crippen molar-refractivity contribution in [1.82, 2.24) is 0 Å². The quantitative estimate of drug-likeness (QED) is 0.195. The molecule has 0 aromatic carbocycles. The molecule has 5 aliphatic rings. The zero-order valence-corrected chi connectivity index (χ0v) is 29.5. The molecule has 5 fully saturated rings. The summed E-state index contributed by atoms with van der Waals surface area (Å²) >= 11 is 0. The van der Waals surface area contributed by atoms with Crippen molar-refractivity contribution in [3.05, 3.63) is 11.6 Å². The molecule has 1 heterocycles. The maximum Gasteiger partial charge on any atom is 0.111 e. The first-order valence-corrected chi connectivity index (χ1v) is 17.9. The van der Waals surface area contributed by atoms with Gasteiger partial charge >= 0.3 is 0 Å². The Morgan fingerprint density at radius 3 is 2.15 bits per heavy atom. The Hall–Kier alpha value is -0.620. The number of ether oxygens (including phenoxy) is 2. The molecular weight excluding hydrogens is 588 g/mol. The van der Waals surface area contributed by atoms with Crippen molar-refractivity contribution in [1.29, 1.82) is 0 Å². The van der Waals surface area contributed by atoms with Crippen LogP contribution in [0, 0.1) is 45.3 Å². The van der Waals surface area contributed by atoms with Crippen LogP contribution in [-0.2, 0) is 9.47 Å². The SMILES string of the molecule is CC(C)=CCCC(C)(OCC1OC(CO)C(O)C(O)C1O)C1CCC2(C)C1C(O)CC1C3(C)CCC(O)C(C)(C)C3C(O)CC12C. The largest absolute Gasteiger partial charge is 0.394 e. The molecule has 1 aliphatic heterocycles. The fourth-order valence-corrected chi connectivity index (χ4v) is 12.2. The predicted molar refractivity (Wildman–Crippen MR) is 175 cm³/mol. The van der Waals surface area contributed by atoms with E-state index in [0.717, 1.165) is 25.7 Å². The van der Waals surface area contributed by atoms with Crippen LogP contribution in [0.4, 0.5) is 0 Å². The molecule has 4 aliphatic carbocycles. The van der Waals surface area contributed by atoms with Gasteiger partial charge in [0.15, 0.2) is 0 Å². The molecule has 0 bridgehead atoms. The second-order valence-corrected chi connectivity index (χ2v) is 17.8. The minimum Gasteiger partial charge on any atom is -0.394 e. The molecule has 7 N–H and O–H groups in total. The highest BCUT2D eigenvalue weighted by atomic mass is 16.6. The third kappa shape index (κ3) is 5.56. The van der Waals surface area contributed by atoms with E-state index in [1.54, 1.807) is 0 Å². The molecule has 16 atom stereocenters. The minimum atomic E-state index is -1.46. The number of hydrogen-bond donors (Lipinski definition) is 7. The van der Waals surface area contributed by atoms with E-state index in [1.165, 1.54) is 5.57 Å². The van der Waals surface area contributed by atoms with Gasteiger partial charge in [0.1, 0.15) is 30.5 Å². The summed E-state index contributed by atoms with van der Waals surface area (Å²) in [5.74, 6) is 0.0625. The topological polar surface area (TPSA) is 160 Å². The number of aliphatic hydroxyl groups excluding tert-OH is 7. The highest BCUT2D eigenvalue weighted by Gasteiger charge is 2.73. The first-order valence-electron chi connectivity index (χ1n) is 17.9. The number of rotatable bonds is 8. The van der Waals surface area contributed by atoms with Gasteiger partial charge in [-0.1, -0.05) is 46.3 Å². The van der Waals surface area contributed by atoms with Crippen molar-refractivity contribution >= 4 is 0 Å². The lowest BCUT2D eigenvalue weighted by Gasteiger charge is -2.71. The number of allylic oxidation sites excluding steroid dienone is 2. The lowest BCUT2D eigenvalue weighted by atomic mass is 9.34. The summed E-state index contributed by atoms with van der Waals surface area (Å²) in [6, 6.07) is 0. The van der Waals surface area contributed by atoms with Crippen molar-refractivity contribution in [3.63, 3.8) is 0 Å². The van der Waals surface area contributed by atoms with E-state index < -0.39 is 66.5 Å². The third-order valence-electron chi connectivity index (χ3n) is 14.8. The molecule has 266 valence electrons. The third-order valence-corrected chi connectivity index (χ3v) is 14.8. The molecule has 9 heteroatoms. The van der Waals surface area contributed by atoms with E-state index >= 15 is 0 Å². The zero-order valence-electron chi connectivity index (χ0n) is 29.5. The van der Waals surface area contributed by atoms with E-state index in [1.807, 2.05) is 0 Å². The standard InChI is InChI=1S/C37H64O9/c1-20(2)10-9-13-37(8,45-19-25-30(43)31(44)29(42)24(18-38)46-25)21-11-15-35(6)28(21)22(39)16-26-34(5)14-12-27(41)33(3,4)32(34)23(40)17-36(26,35)7/h10,21-32,38-44H,9,11-19H2,1-8H3. The van der Waals surface area contributed by atoms with Crippen LogP contribution < -0.4 is 0 Å². The van der Waals surface area contributed by atoms with E-state index in [-0.39, 0.29) is 46.5 Å². The van der Waals surface area contributed by atoms with Gasteiger partial charge in [0.25, 0.3) is 0 Å². The van der Waals surface area contributed by atoms with Crippen molar-refractivity contribution in [2.75, 3.05) is 13.2 Å². The second kappa shape index (κ2) is 12.6. The fraction of sp³-hybridized carbons (Fsp3) is 0.946. The molecule has 0 radical (unpaired) electrons.